The van der Waals surface area contributed by atoms with Gasteiger partial charge in [-0.15, -0.1) is 0 Å². The number of rotatable bonds is 0. The SMILES string of the molecule is N#C[As](C#N)C#N.N#[C][Hg]. The molecular formula is C4AsHgN4. The van der Waals surface area contributed by atoms with Crippen molar-refractivity contribution >= 4 is 14.7 Å². The van der Waals surface area contributed by atoms with Gasteiger partial charge in [-0.05, 0) is 0 Å². The van der Waals surface area contributed by atoms with Crippen LogP contribution in [0.2, 0.25) is 0 Å². The number of hydrogen-bond acceptors (Lipinski definition) is 4. The molecule has 0 heterocycles. The van der Waals surface area contributed by atoms with Crippen LogP contribution in [0.4, 0.5) is 0 Å². The summed E-state index contributed by atoms with van der Waals surface area (Å²) in [6, 6.07) is 0. The summed E-state index contributed by atoms with van der Waals surface area (Å²) in [5, 5.41) is 31.1. The Balaban J connectivity index is 0. The van der Waals surface area contributed by atoms with Gasteiger partial charge in [0, 0.05) is 0 Å². The van der Waals surface area contributed by atoms with Crippen LogP contribution in [0.25, 0.3) is 0 Å². The molecule has 0 unspecified atom stereocenters. The van der Waals surface area contributed by atoms with Gasteiger partial charge in [0.25, 0.3) is 0 Å². The second-order valence-corrected chi connectivity index (χ2v) is 4.69. The first kappa shape index (κ1) is 12.2. The molecule has 0 aliphatic rings. The van der Waals surface area contributed by atoms with Crippen LogP contribution in [-0.4, -0.2) is 14.7 Å². The predicted octanol–water partition coefficient (Wildman–Crippen LogP) is -0.316. The van der Waals surface area contributed by atoms with E-state index >= 15 is 0 Å². The summed E-state index contributed by atoms with van der Waals surface area (Å²) in [7, 11) is 0. The minimum atomic E-state index is -2.31. The molecule has 0 fully saturated rings. The molecule has 0 radical (unpaired) electrons. The number of nitrogens with zero attached hydrogens (tertiary/aromatic N) is 4. The van der Waals surface area contributed by atoms with E-state index < -0.39 is 14.7 Å². The molecule has 0 aromatic rings. The standard InChI is InChI=1S/C3AsN3.CN.Hg/c5-1-4(2-6)3-7;1-2;. The molecule has 0 spiro atoms. The normalized spacial score (nSPS) is 5.10. The molecule has 0 saturated heterocycles. The van der Waals surface area contributed by atoms with Crippen LogP contribution in [0.3, 0.4) is 0 Å². The van der Waals surface area contributed by atoms with Crippen molar-refractivity contribution in [2.45, 2.75) is 0 Å². The zero-order valence-electron chi connectivity index (χ0n) is 4.94. The monoisotopic (exact) mass is 381 g/mol. The van der Waals surface area contributed by atoms with E-state index in [1.54, 1.807) is 14.6 Å². The summed E-state index contributed by atoms with van der Waals surface area (Å²) < 4.78 is 1.94. The van der Waals surface area contributed by atoms with Crippen molar-refractivity contribution in [1.82, 2.24) is 0 Å². The Morgan fingerprint density at radius 1 is 0.900 bits per heavy atom. The Morgan fingerprint density at radius 2 is 1.10 bits per heavy atom. The van der Waals surface area contributed by atoms with Crippen molar-refractivity contribution in [1.29, 1.82) is 21.0 Å². The van der Waals surface area contributed by atoms with Crippen molar-refractivity contribution < 1.29 is 26.1 Å². The van der Waals surface area contributed by atoms with Gasteiger partial charge in [0.2, 0.25) is 0 Å². The van der Waals surface area contributed by atoms with E-state index in [0.29, 0.717) is 26.1 Å². The van der Waals surface area contributed by atoms with Gasteiger partial charge >= 0.3 is 80.0 Å². The topological polar surface area (TPSA) is 95.2 Å². The average Bonchev–Trinajstić information content (AvgIpc) is 1.93. The van der Waals surface area contributed by atoms with Gasteiger partial charge in [0.05, 0.1) is 0 Å². The van der Waals surface area contributed by atoms with E-state index in [2.05, 4.69) is 0 Å². The maximum absolute atomic E-state index is 7.90. The van der Waals surface area contributed by atoms with E-state index in [-0.39, 0.29) is 0 Å². The van der Waals surface area contributed by atoms with Crippen molar-refractivity contribution in [2.75, 3.05) is 0 Å². The average molecular weight is 380 g/mol. The Labute approximate surface area is 79.5 Å². The summed E-state index contributed by atoms with van der Waals surface area (Å²) >= 11 is -1.94. The third-order valence-electron chi connectivity index (χ3n) is 0.300. The molecule has 0 atom stereocenters. The maximum atomic E-state index is 7.90. The molecule has 0 rings (SSSR count). The molecule has 10 heavy (non-hydrogen) atoms. The summed E-state index contributed by atoms with van der Waals surface area (Å²) in [6.45, 7) is 0. The van der Waals surface area contributed by atoms with Crippen LogP contribution in [0.5, 0.6) is 0 Å². The molecule has 0 bridgehead atoms. The molecule has 0 amide bonds. The van der Waals surface area contributed by atoms with Crippen LogP contribution in [0.1, 0.15) is 0 Å². The molecule has 6 heteroatoms. The van der Waals surface area contributed by atoms with Gasteiger partial charge in [-0.1, -0.05) is 0 Å². The van der Waals surface area contributed by atoms with Crippen LogP contribution < -0.4 is 0 Å². The van der Waals surface area contributed by atoms with E-state index in [1.165, 1.54) is 0 Å². The molecule has 0 aliphatic carbocycles. The van der Waals surface area contributed by atoms with E-state index in [1.807, 2.05) is 3.58 Å². The van der Waals surface area contributed by atoms with Gasteiger partial charge in [-0.2, -0.15) is 0 Å². The van der Waals surface area contributed by atoms with Crippen molar-refractivity contribution in [2.24, 2.45) is 0 Å². The Morgan fingerprint density at radius 3 is 1.10 bits per heavy atom. The zero-order chi connectivity index (χ0) is 8.41. The van der Waals surface area contributed by atoms with Crippen LogP contribution in [-0.2, 0) is 26.1 Å². The van der Waals surface area contributed by atoms with Gasteiger partial charge in [-0.3, -0.25) is 0 Å². The summed E-state index contributed by atoms with van der Waals surface area (Å²) in [6.07, 6.45) is 0. The van der Waals surface area contributed by atoms with E-state index in [9.17, 15) is 0 Å². The van der Waals surface area contributed by atoms with E-state index in [0.717, 1.165) is 0 Å². The van der Waals surface area contributed by atoms with Crippen LogP contribution >= 0.6 is 0 Å². The fourth-order valence-electron chi connectivity index (χ4n) is 0.0671. The van der Waals surface area contributed by atoms with Crippen LogP contribution in [0.15, 0.2) is 0 Å². The molecule has 0 aromatic heterocycles. The molecular weight excluding hydrogens is 380 g/mol. The van der Waals surface area contributed by atoms with E-state index in [4.69, 9.17) is 21.0 Å². The Hall–Kier alpha value is -0.546. The molecule has 0 saturated carbocycles. The summed E-state index contributed by atoms with van der Waals surface area (Å²) in [5.41, 5.74) is 0. The van der Waals surface area contributed by atoms with Crippen LogP contribution in [0, 0.1) is 39.2 Å². The van der Waals surface area contributed by atoms with Crippen molar-refractivity contribution in [3.8, 4) is 18.1 Å². The Kier molecular flexibility index (Phi) is 13.7. The molecule has 43 valence electrons. The first-order valence-electron chi connectivity index (χ1n) is 1.92. The van der Waals surface area contributed by atoms with Gasteiger partial charge in [0.15, 0.2) is 0 Å². The predicted molar refractivity (Wildman–Crippen MR) is 28.2 cm³/mol. The minimum absolute atomic E-state index is 0.372. The number of hydrogen-bond donors (Lipinski definition) is 0. The summed E-state index contributed by atoms with van der Waals surface area (Å²) in [4.78, 5) is 4.88. The molecule has 0 aromatic carbocycles. The third-order valence-corrected chi connectivity index (χ3v) is 1.56. The Bertz CT molecular complexity index is 203. The molecule has 0 N–H and O–H groups in total. The zero-order valence-corrected chi connectivity index (χ0v) is 12.3. The van der Waals surface area contributed by atoms with Crippen molar-refractivity contribution in [3.63, 3.8) is 0 Å². The molecule has 0 aliphatic heterocycles. The summed E-state index contributed by atoms with van der Waals surface area (Å²) in [5.74, 6) is 0. The quantitative estimate of drug-likeness (QED) is 0.539. The first-order chi connectivity index (χ1) is 4.76. The molecule has 4 nitrogen and oxygen atoms in total. The fraction of sp³-hybridized carbons (Fsp3) is 0. The van der Waals surface area contributed by atoms with Gasteiger partial charge < -0.3 is 0 Å². The second kappa shape index (κ2) is 11.3. The van der Waals surface area contributed by atoms with Gasteiger partial charge in [-0.25, -0.2) is 0 Å². The van der Waals surface area contributed by atoms with Crippen molar-refractivity contribution in [3.05, 3.63) is 0 Å². The number of nitriles is 4. The second-order valence-electron chi connectivity index (χ2n) is 0.794. The fourth-order valence-corrected chi connectivity index (χ4v) is 0.349. The first-order valence-corrected chi connectivity index (χ1v) is 7.48. The third kappa shape index (κ3) is 10.4. The van der Waals surface area contributed by atoms with Gasteiger partial charge in [0.1, 0.15) is 0 Å².